The van der Waals surface area contributed by atoms with Crippen LogP contribution < -0.4 is 9.47 Å². The van der Waals surface area contributed by atoms with Gasteiger partial charge in [-0.1, -0.05) is 6.42 Å². The van der Waals surface area contributed by atoms with Crippen LogP contribution in [-0.2, 0) is 22.4 Å². The van der Waals surface area contributed by atoms with Crippen molar-refractivity contribution in [2.45, 2.75) is 38.5 Å². The van der Waals surface area contributed by atoms with E-state index in [1.165, 1.54) is 0 Å². The fourth-order valence-electron chi connectivity index (χ4n) is 3.77. The molecule has 2 aliphatic rings. The number of nitrogens with zero attached hydrogens (tertiary/aromatic N) is 1. The van der Waals surface area contributed by atoms with Crippen LogP contribution in [-0.4, -0.2) is 49.2 Å². The Bertz CT molecular complexity index is 646. The van der Waals surface area contributed by atoms with Gasteiger partial charge in [0.15, 0.2) is 11.5 Å². The Morgan fingerprint density at radius 1 is 1.08 bits per heavy atom. The third-order valence-corrected chi connectivity index (χ3v) is 5.61. The SMILES string of the molecule is COc1cc2c(cc1OC)CCN(C(=O)CC1(C(=O)O)CCC1)CC2. The fraction of sp³-hybridized carbons (Fsp3) is 0.579. The zero-order chi connectivity index (χ0) is 18.0. The molecule has 0 spiro atoms. The average molecular weight is 347 g/mol. The largest absolute Gasteiger partial charge is 0.493 e. The molecule has 0 unspecified atom stereocenters. The predicted molar refractivity (Wildman–Crippen MR) is 92.1 cm³/mol. The van der Waals surface area contributed by atoms with Crippen molar-refractivity contribution in [2.24, 2.45) is 5.41 Å². The number of carbonyl (C=O) groups is 2. The molecule has 6 heteroatoms. The molecule has 1 N–H and O–H groups in total. The number of ether oxygens (including phenoxy) is 2. The van der Waals surface area contributed by atoms with Crippen LogP contribution in [0.1, 0.15) is 36.8 Å². The molecular formula is C19H25NO5. The van der Waals surface area contributed by atoms with E-state index in [4.69, 9.17) is 9.47 Å². The number of methoxy groups -OCH3 is 2. The van der Waals surface area contributed by atoms with Crippen LogP contribution in [0.5, 0.6) is 11.5 Å². The number of benzene rings is 1. The number of carboxylic acid groups (broad SMARTS) is 1. The Kier molecular flexibility index (Phi) is 4.88. The van der Waals surface area contributed by atoms with Crippen molar-refractivity contribution in [1.82, 2.24) is 4.90 Å². The third-order valence-electron chi connectivity index (χ3n) is 5.61. The molecule has 1 fully saturated rings. The first-order chi connectivity index (χ1) is 12.0. The van der Waals surface area contributed by atoms with Gasteiger partial charge >= 0.3 is 5.97 Å². The van der Waals surface area contributed by atoms with Crippen molar-refractivity contribution >= 4 is 11.9 Å². The molecule has 136 valence electrons. The molecule has 3 rings (SSSR count). The second-order valence-electron chi connectivity index (χ2n) is 6.97. The van der Waals surface area contributed by atoms with Gasteiger partial charge in [0.05, 0.1) is 19.6 Å². The van der Waals surface area contributed by atoms with Gasteiger partial charge in [0.2, 0.25) is 5.91 Å². The third kappa shape index (κ3) is 3.30. The van der Waals surface area contributed by atoms with Crippen molar-refractivity contribution in [3.8, 4) is 11.5 Å². The van der Waals surface area contributed by atoms with E-state index in [2.05, 4.69) is 0 Å². The standard InChI is InChI=1S/C19H25NO5/c1-24-15-10-13-4-8-20(9-5-14(13)11-16(15)25-2)17(21)12-19(18(22)23)6-3-7-19/h10-11H,3-9,12H2,1-2H3,(H,22,23). The van der Waals surface area contributed by atoms with Crippen molar-refractivity contribution in [3.05, 3.63) is 23.3 Å². The van der Waals surface area contributed by atoms with Crippen molar-refractivity contribution < 1.29 is 24.2 Å². The normalized spacial score (nSPS) is 18.6. The molecule has 1 aliphatic heterocycles. The maximum absolute atomic E-state index is 12.7. The molecule has 0 radical (unpaired) electrons. The minimum Gasteiger partial charge on any atom is -0.493 e. The Hall–Kier alpha value is -2.24. The van der Waals surface area contributed by atoms with Crippen LogP contribution in [0.25, 0.3) is 0 Å². The summed E-state index contributed by atoms with van der Waals surface area (Å²) >= 11 is 0. The van der Waals surface area contributed by atoms with Crippen LogP contribution in [0.4, 0.5) is 0 Å². The van der Waals surface area contributed by atoms with Crippen LogP contribution in [0, 0.1) is 5.41 Å². The molecule has 1 heterocycles. The first-order valence-electron chi connectivity index (χ1n) is 8.74. The van der Waals surface area contributed by atoms with Gasteiger partial charge in [-0.3, -0.25) is 9.59 Å². The van der Waals surface area contributed by atoms with Gasteiger partial charge in [-0.2, -0.15) is 0 Å². The van der Waals surface area contributed by atoms with Crippen LogP contribution in [0.3, 0.4) is 0 Å². The molecular weight excluding hydrogens is 322 g/mol. The molecule has 0 aromatic heterocycles. The highest BCUT2D eigenvalue weighted by Crippen LogP contribution is 2.44. The summed E-state index contributed by atoms with van der Waals surface area (Å²) < 4.78 is 10.7. The molecule has 1 aromatic rings. The summed E-state index contributed by atoms with van der Waals surface area (Å²) in [6.07, 6.45) is 3.70. The zero-order valence-electron chi connectivity index (χ0n) is 14.8. The van der Waals surface area contributed by atoms with Crippen LogP contribution in [0.2, 0.25) is 0 Å². The smallest absolute Gasteiger partial charge is 0.310 e. The molecule has 6 nitrogen and oxygen atoms in total. The van der Waals surface area contributed by atoms with E-state index >= 15 is 0 Å². The summed E-state index contributed by atoms with van der Waals surface area (Å²) in [5, 5.41) is 9.45. The molecule has 1 saturated carbocycles. The molecule has 1 aromatic carbocycles. The van der Waals surface area contributed by atoms with Gasteiger partial charge < -0.3 is 19.5 Å². The monoisotopic (exact) mass is 347 g/mol. The minimum atomic E-state index is -0.834. The quantitative estimate of drug-likeness (QED) is 0.884. The number of hydrogen-bond donors (Lipinski definition) is 1. The fourth-order valence-corrected chi connectivity index (χ4v) is 3.77. The van der Waals surface area contributed by atoms with E-state index < -0.39 is 11.4 Å². The zero-order valence-corrected chi connectivity index (χ0v) is 14.8. The Labute approximate surface area is 147 Å². The topological polar surface area (TPSA) is 76.1 Å². The lowest BCUT2D eigenvalue weighted by Gasteiger charge is -2.38. The summed E-state index contributed by atoms with van der Waals surface area (Å²) in [5.41, 5.74) is 1.48. The van der Waals surface area contributed by atoms with Gasteiger partial charge in [-0.15, -0.1) is 0 Å². The molecule has 1 aliphatic carbocycles. The summed E-state index contributed by atoms with van der Waals surface area (Å²) in [6, 6.07) is 3.96. The van der Waals surface area contributed by atoms with E-state index in [0.717, 1.165) is 30.4 Å². The van der Waals surface area contributed by atoms with Gasteiger partial charge in [0, 0.05) is 19.5 Å². The lowest BCUT2D eigenvalue weighted by Crippen LogP contribution is -2.44. The first kappa shape index (κ1) is 17.6. The minimum absolute atomic E-state index is 0.0474. The maximum atomic E-state index is 12.7. The second-order valence-corrected chi connectivity index (χ2v) is 6.97. The highest BCUT2D eigenvalue weighted by atomic mass is 16.5. The first-order valence-corrected chi connectivity index (χ1v) is 8.74. The number of rotatable bonds is 5. The van der Waals surface area contributed by atoms with E-state index in [0.29, 0.717) is 37.4 Å². The van der Waals surface area contributed by atoms with Crippen molar-refractivity contribution in [1.29, 1.82) is 0 Å². The molecule has 1 amide bonds. The summed E-state index contributed by atoms with van der Waals surface area (Å²) in [5.74, 6) is 0.508. The number of hydrogen-bond acceptors (Lipinski definition) is 4. The lowest BCUT2D eigenvalue weighted by molar-refractivity contribution is -0.159. The second kappa shape index (κ2) is 6.94. The number of fused-ring (bicyclic) bond motifs is 1. The number of carboxylic acids is 1. The van der Waals surface area contributed by atoms with Crippen molar-refractivity contribution in [3.63, 3.8) is 0 Å². The molecule has 0 atom stereocenters. The predicted octanol–water partition coefficient (Wildman–Crippen LogP) is 2.28. The molecule has 25 heavy (non-hydrogen) atoms. The highest BCUT2D eigenvalue weighted by molar-refractivity contribution is 5.85. The summed E-state index contributed by atoms with van der Waals surface area (Å²) in [6.45, 7) is 1.22. The van der Waals surface area contributed by atoms with E-state index in [9.17, 15) is 14.7 Å². The van der Waals surface area contributed by atoms with Crippen LogP contribution in [0.15, 0.2) is 12.1 Å². The summed E-state index contributed by atoms with van der Waals surface area (Å²) in [7, 11) is 3.22. The Morgan fingerprint density at radius 2 is 1.60 bits per heavy atom. The molecule has 0 saturated heterocycles. The number of amides is 1. The Balaban J connectivity index is 1.71. The van der Waals surface area contributed by atoms with E-state index in [-0.39, 0.29) is 12.3 Å². The summed E-state index contributed by atoms with van der Waals surface area (Å²) in [4.78, 5) is 26.0. The van der Waals surface area contributed by atoms with Gasteiger partial charge in [-0.25, -0.2) is 0 Å². The van der Waals surface area contributed by atoms with Gasteiger partial charge in [-0.05, 0) is 48.9 Å². The van der Waals surface area contributed by atoms with Gasteiger partial charge in [0.25, 0.3) is 0 Å². The Morgan fingerprint density at radius 3 is 1.96 bits per heavy atom. The number of carbonyl (C=O) groups excluding carboxylic acids is 1. The van der Waals surface area contributed by atoms with Gasteiger partial charge in [0.1, 0.15) is 0 Å². The lowest BCUT2D eigenvalue weighted by atomic mass is 9.66. The molecule has 0 bridgehead atoms. The van der Waals surface area contributed by atoms with Crippen LogP contribution >= 0.6 is 0 Å². The number of aliphatic carboxylic acids is 1. The highest BCUT2D eigenvalue weighted by Gasteiger charge is 2.46. The maximum Gasteiger partial charge on any atom is 0.310 e. The average Bonchev–Trinajstić information content (AvgIpc) is 2.78. The van der Waals surface area contributed by atoms with E-state index in [1.54, 1.807) is 14.2 Å². The van der Waals surface area contributed by atoms with Crippen molar-refractivity contribution in [2.75, 3.05) is 27.3 Å². The van der Waals surface area contributed by atoms with E-state index in [1.807, 2.05) is 17.0 Å².